The Morgan fingerprint density at radius 2 is 2.12 bits per heavy atom. The summed E-state index contributed by atoms with van der Waals surface area (Å²) < 4.78 is 1.95. The van der Waals surface area contributed by atoms with Gasteiger partial charge in [0.25, 0.3) is 0 Å². The first-order chi connectivity index (χ1) is 7.79. The minimum Gasteiger partial charge on any atom is -0.329 e. The van der Waals surface area contributed by atoms with E-state index in [2.05, 4.69) is 9.98 Å². The van der Waals surface area contributed by atoms with E-state index in [4.69, 9.17) is 0 Å². The SMILES string of the molecule is Cn1ccnc1Sc1ccc(N=C=O)cc1. The minimum atomic E-state index is 0.610. The zero-order chi connectivity index (χ0) is 11.4. The molecule has 0 aliphatic rings. The highest BCUT2D eigenvalue weighted by Gasteiger charge is 2.01. The van der Waals surface area contributed by atoms with Crippen LogP contribution in [0.1, 0.15) is 0 Å². The van der Waals surface area contributed by atoms with Gasteiger partial charge in [0.1, 0.15) is 0 Å². The summed E-state index contributed by atoms with van der Waals surface area (Å²) in [4.78, 5) is 18.8. The first-order valence-electron chi connectivity index (χ1n) is 4.63. The Morgan fingerprint density at radius 3 is 2.69 bits per heavy atom. The third-order valence-electron chi connectivity index (χ3n) is 2.00. The zero-order valence-electron chi connectivity index (χ0n) is 8.62. The molecule has 0 unspecified atom stereocenters. The van der Waals surface area contributed by atoms with Gasteiger partial charge in [0.15, 0.2) is 5.16 Å². The smallest absolute Gasteiger partial charge is 0.240 e. The summed E-state index contributed by atoms with van der Waals surface area (Å²) >= 11 is 1.56. The Hall–Kier alpha value is -1.84. The number of carbonyl (C=O) groups excluding carboxylic acids is 1. The van der Waals surface area contributed by atoms with Crippen molar-refractivity contribution >= 4 is 23.5 Å². The van der Waals surface area contributed by atoms with Gasteiger partial charge in [-0.2, -0.15) is 4.99 Å². The van der Waals surface area contributed by atoms with Gasteiger partial charge in [0.2, 0.25) is 6.08 Å². The number of rotatable bonds is 3. The molecule has 16 heavy (non-hydrogen) atoms. The van der Waals surface area contributed by atoms with Gasteiger partial charge in [-0.05, 0) is 24.3 Å². The standard InChI is InChI=1S/C11H9N3OS/c1-14-7-6-12-11(14)16-10-4-2-9(3-5-10)13-8-15/h2-7H,1H3. The monoisotopic (exact) mass is 231 g/mol. The number of hydrogen-bond acceptors (Lipinski definition) is 4. The molecule has 0 aliphatic heterocycles. The molecule has 2 rings (SSSR count). The lowest BCUT2D eigenvalue weighted by Crippen LogP contribution is -1.87. The molecule has 0 radical (unpaired) electrons. The first kappa shape index (κ1) is 10.7. The summed E-state index contributed by atoms with van der Waals surface area (Å²) in [7, 11) is 1.94. The number of isocyanates is 1. The highest BCUT2D eigenvalue weighted by atomic mass is 32.2. The molecular formula is C11H9N3OS. The molecule has 1 aromatic carbocycles. The molecule has 0 saturated carbocycles. The zero-order valence-corrected chi connectivity index (χ0v) is 9.44. The second kappa shape index (κ2) is 4.79. The third kappa shape index (κ3) is 2.39. The first-order valence-corrected chi connectivity index (χ1v) is 5.44. The number of benzene rings is 1. The average Bonchev–Trinajstić information content (AvgIpc) is 2.68. The van der Waals surface area contributed by atoms with Gasteiger partial charge in [-0.25, -0.2) is 9.78 Å². The molecule has 0 bridgehead atoms. The number of nitrogens with zero attached hydrogens (tertiary/aromatic N) is 3. The fraction of sp³-hybridized carbons (Fsp3) is 0.0909. The van der Waals surface area contributed by atoms with E-state index in [-0.39, 0.29) is 0 Å². The predicted octanol–water partition coefficient (Wildman–Crippen LogP) is 2.54. The second-order valence-electron chi connectivity index (χ2n) is 3.12. The Balaban J connectivity index is 2.17. The molecule has 2 aromatic rings. The maximum atomic E-state index is 10.0. The molecule has 0 saturated heterocycles. The fourth-order valence-corrected chi connectivity index (χ4v) is 2.00. The van der Waals surface area contributed by atoms with Crippen molar-refractivity contribution in [1.29, 1.82) is 0 Å². The van der Waals surface area contributed by atoms with Crippen molar-refractivity contribution in [2.45, 2.75) is 10.1 Å². The summed E-state index contributed by atoms with van der Waals surface area (Å²) in [6.07, 6.45) is 5.16. The van der Waals surface area contributed by atoms with Crippen LogP contribution in [0.15, 0.2) is 51.7 Å². The number of aromatic nitrogens is 2. The fourth-order valence-electron chi connectivity index (χ4n) is 1.20. The van der Waals surface area contributed by atoms with Gasteiger partial charge in [0.05, 0.1) is 5.69 Å². The highest BCUT2D eigenvalue weighted by Crippen LogP contribution is 2.27. The molecule has 0 aliphatic carbocycles. The molecular weight excluding hydrogens is 222 g/mol. The molecule has 0 amide bonds. The van der Waals surface area contributed by atoms with Crippen molar-refractivity contribution in [3.05, 3.63) is 36.7 Å². The van der Waals surface area contributed by atoms with Gasteiger partial charge in [-0.1, -0.05) is 11.8 Å². The Morgan fingerprint density at radius 1 is 1.38 bits per heavy atom. The van der Waals surface area contributed by atoms with Gasteiger partial charge in [-0.3, -0.25) is 0 Å². The quantitative estimate of drug-likeness (QED) is 0.602. The number of hydrogen-bond donors (Lipinski definition) is 0. The Kier molecular flexibility index (Phi) is 3.19. The molecule has 0 atom stereocenters. The van der Waals surface area contributed by atoms with Crippen LogP contribution in [0.25, 0.3) is 0 Å². The molecule has 1 heterocycles. The van der Waals surface area contributed by atoms with Crippen LogP contribution in [0.3, 0.4) is 0 Å². The summed E-state index contributed by atoms with van der Waals surface area (Å²) in [6.45, 7) is 0. The van der Waals surface area contributed by atoms with Crippen LogP contribution in [-0.2, 0) is 11.8 Å². The predicted molar refractivity (Wildman–Crippen MR) is 61.6 cm³/mol. The molecule has 1 aromatic heterocycles. The maximum Gasteiger partial charge on any atom is 0.240 e. The van der Waals surface area contributed by atoms with Crippen LogP contribution < -0.4 is 0 Å². The molecule has 80 valence electrons. The highest BCUT2D eigenvalue weighted by molar-refractivity contribution is 7.99. The lowest BCUT2D eigenvalue weighted by atomic mass is 10.3. The topological polar surface area (TPSA) is 47.2 Å². The van der Waals surface area contributed by atoms with Crippen molar-refractivity contribution in [3.63, 3.8) is 0 Å². The molecule has 0 N–H and O–H groups in total. The van der Waals surface area contributed by atoms with E-state index in [0.717, 1.165) is 10.1 Å². The Labute approximate surface area is 97.0 Å². The normalized spacial score (nSPS) is 9.81. The second-order valence-corrected chi connectivity index (χ2v) is 4.16. The van der Waals surface area contributed by atoms with E-state index in [1.54, 1.807) is 30.1 Å². The number of aliphatic imine (C=N–C) groups is 1. The van der Waals surface area contributed by atoms with Gasteiger partial charge in [-0.15, -0.1) is 0 Å². The van der Waals surface area contributed by atoms with Crippen LogP contribution in [0.5, 0.6) is 0 Å². The van der Waals surface area contributed by atoms with Gasteiger partial charge < -0.3 is 4.57 Å². The van der Waals surface area contributed by atoms with Crippen LogP contribution in [-0.4, -0.2) is 15.6 Å². The van der Waals surface area contributed by atoms with E-state index in [1.807, 2.05) is 29.9 Å². The lowest BCUT2D eigenvalue weighted by Gasteiger charge is -2.01. The van der Waals surface area contributed by atoms with Crippen LogP contribution >= 0.6 is 11.8 Å². The summed E-state index contributed by atoms with van der Waals surface area (Å²) in [5.41, 5.74) is 0.610. The maximum absolute atomic E-state index is 10.0. The van der Waals surface area contributed by atoms with E-state index >= 15 is 0 Å². The minimum absolute atomic E-state index is 0.610. The summed E-state index contributed by atoms with van der Waals surface area (Å²) in [5.74, 6) is 0. The molecule has 0 fully saturated rings. The number of aryl methyl sites for hydroxylation is 1. The van der Waals surface area contributed by atoms with Crippen molar-refractivity contribution in [2.75, 3.05) is 0 Å². The van der Waals surface area contributed by atoms with Crippen LogP contribution in [0, 0.1) is 0 Å². The molecule has 0 spiro atoms. The van der Waals surface area contributed by atoms with E-state index in [1.165, 1.54) is 6.08 Å². The number of imidazole rings is 1. The van der Waals surface area contributed by atoms with Crippen molar-refractivity contribution in [1.82, 2.24) is 9.55 Å². The molecule has 4 nitrogen and oxygen atoms in total. The third-order valence-corrected chi connectivity index (χ3v) is 3.08. The van der Waals surface area contributed by atoms with Crippen LogP contribution in [0.4, 0.5) is 5.69 Å². The largest absolute Gasteiger partial charge is 0.329 e. The van der Waals surface area contributed by atoms with Crippen molar-refractivity contribution < 1.29 is 4.79 Å². The van der Waals surface area contributed by atoms with E-state index in [0.29, 0.717) is 5.69 Å². The Bertz CT molecular complexity index is 526. The van der Waals surface area contributed by atoms with E-state index < -0.39 is 0 Å². The van der Waals surface area contributed by atoms with Crippen LogP contribution in [0.2, 0.25) is 0 Å². The molecule has 5 heteroatoms. The average molecular weight is 231 g/mol. The summed E-state index contributed by atoms with van der Waals surface area (Å²) in [6, 6.07) is 7.34. The summed E-state index contributed by atoms with van der Waals surface area (Å²) in [5, 5.41) is 0.923. The lowest BCUT2D eigenvalue weighted by molar-refractivity contribution is 0.565. The van der Waals surface area contributed by atoms with Gasteiger partial charge in [0, 0.05) is 24.3 Å². The van der Waals surface area contributed by atoms with Crippen molar-refractivity contribution in [3.8, 4) is 0 Å². The van der Waals surface area contributed by atoms with Gasteiger partial charge >= 0.3 is 0 Å². The van der Waals surface area contributed by atoms with Crippen molar-refractivity contribution in [2.24, 2.45) is 12.0 Å². The van der Waals surface area contributed by atoms with E-state index in [9.17, 15) is 4.79 Å².